The van der Waals surface area contributed by atoms with Crippen LogP contribution in [0.2, 0.25) is 0 Å². The van der Waals surface area contributed by atoms with Crippen molar-refractivity contribution < 1.29 is 4.79 Å². The molecule has 0 spiro atoms. The van der Waals surface area contributed by atoms with Gasteiger partial charge in [-0.05, 0) is 18.2 Å². The first-order valence-corrected chi connectivity index (χ1v) is 3.04. The molecule has 1 aliphatic heterocycles. The lowest BCUT2D eigenvalue weighted by Gasteiger charge is -2.05. The summed E-state index contributed by atoms with van der Waals surface area (Å²) in [6.07, 6.45) is 1.46. The van der Waals surface area contributed by atoms with Crippen LogP contribution in [0.5, 0.6) is 0 Å². The van der Waals surface area contributed by atoms with Gasteiger partial charge in [-0.1, -0.05) is 0 Å². The second-order valence-electron chi connectivity index (χ2n) is 2.08. The highest BCUT2D eigenvalue weighted by Crippen LogP contribution is 2.39. The fourth-order valence-electron chi connectivity index (χ4n) is 0.862. The molecule has 4 nitrogen and oxygen atoms in total. The van der Waals surface area contributed by atoms with Gasteiger partial charge in [0.15, 0.2) is 0 Å². The largest absolute Gasteiger partial charge is 0.240 e. The van der Waals surface area contributed by atoms with E-state index < -0.39 is 0 Å². The molecule has 1 aromatic rings. The standard InChI is InChI=1S/C7H3N3O/c11-4-8-5-1-2-6-7(3-5)10-9-6/h1-3H. The number of nitrogens with zero attached hydrogens (tertiary/aromatic N) is 3. The number of hydrogen-bond donors (Lipinski definition) is 0. The Morgan fingerprint density at radius 1 is 1.27 bits per heavy atom. The lowest BCUT2D eigenvalue weighted by atomic mass is 10.2. The van der Waals surface area contributed by atoms with Crippen molar-refractivity contribution in [1.29, 1.82) is 0 Å². The van der Waals surface area contributed by atoms with E-state index in [2.05, 4.69) is 15.2 Å². The zero-order chi connectivity index (χ0) is 7.68. The molecule has 0 radical (unpaired) electrons. The van der Waals surface area contributed by atoms with Crippen molar-refractivity contribution in [3.8, 4) is 0 Å². The first kappa shape index (κ1) is 5.95. The number of fused-ring (bicyclic) bond motifs is 1. The van der Waals surface area contributed by atoms with E-state index in [1.807, 2.05) is 0 Å². The van der Waals surface area contributed by atoms with Gasteiger partial charge in [0.05, 0.1) is 5.69 Å². The number of azo groups is 1. The number of isocyanates is 1. The van der Waals surface area contributed by atoms with Crippen LogP contribution in [0.1, 0.15) is 0 Å². The third kappa shape index (κ3) is 0.855. The van der Waals surface area contributed by atoms with Crippen LogP contribution in [0.15, 0.2) is 33.4 Å². The molecule has 2 rings (SSSR count). The van der Waals surface area contributed by atoms with Gasteiger partial charge < -0.3 is 0 Å². The molecular formula is C7H3N3O. The van der Waals surface area contributed by atoms with Gasteiger partial charge in [0, 0.05) is 0 Å². The van der Waals surface area contributed by atoms with Gasteiger partial charge in [0.1, 0.15) is 11.4 Å². The highest BCUT2D eigenvalue weighted by atomic mass is 16.1. The van der Waals surface area contributed by atoms with Gasteiger partial charge in [-0.2, -0.15) is 4.99 Å². The second kappa shape index (κ2) is 2.11. The van der Waals surface area contributed by atoms with E-state index in [-0.39, 0.29) is 0 Å². The van der Waals surface area contributed by atoms with Crippen molar-refractivity contribution in [3.63, 3.8) is 0 Å². The number of hydrogen-bond acceptors (Lipinski definition) is 4. The Hall–Kier alpha value is -1.80. The monoisotopic (exact) mass is 145 g/mol. The Balaban J connectivity index is 2.49. The van der Waals surface area contributed by atoms with Crippen molar-refractivity contribution in [2.45, 2.75) is 0 Å². The maximum Gasteiger partial charge on any atom is 0.240 e. The van der Waals surface area contributed by atoms with Crippen molar-refractivity contribution in [1.82, 2.24) is 0 Å². The summed E-state index contributed by atoms with van der Waals surface area (Å²) >= 11 is 0. The van der Waals surface area contributed by atoms with Crippen LogP contribution in [0.4, 0.5) is 17.1 Å². The molecule has 0 unspecified atom stereocenters. The predicted molar refractivity (Wildman–Crippen MR) is 38.4 cm³/mol. The molecule has 0 saturated heterocycles. The Bertz CT molecular complexity index is 377. The molecule has 0 N–H and O–H groups in total. The average molecular weight is 145 g/mol. The Kier molecular flexibility index (Phi) is 1.14. The van der Waals surface area contributed by atoms with Crippen LogP contribution in [0.3, 0.4) is 0 Å². The van der Waals surface area contributed by atoms with Gasteiger partial charge in [0.25, 0.3) is 0 Å². The van der Waals surface area contributed by atoms with Gasteiger partial charge in [0.2, 0.25) is 6.08 Å². The van der Waals surface area contributed by atoms with Crippen molar-refractivity contribution in [2.24, 2.45) is 15.2 Å². The summed E-state index contributed by atoms with van der Waals surface area (Å²) in [4.78, 5) is 13.3. The molecular weight excluding hydrogens is 142 g/mol. The van der Waals surface area contributed by atoms with Crippen molar-refractivity contribution >= 4 is 23.1 Å². The van der Waals surface area contributed by atoms with Gasteiger partial charge in [-0.3, -0.25) is 0 Å². The zero-order valence-electron chi connectivity index (χ0n) is 5.48. The van der Waals surface area contributed by atoms with E-state index >= 15 is 0 Å². The van der Waals surface area contributed by atoms with Crippen LogP contribution in [-0.2, 0) is 4.79 Å². The second-order valence-corrected chi connectivity index (χ2v) is 2.08. The van der Waals surface area contributed by atoms with Crippen molar-refractivity contribution in [2.75, 3.05) is 0 Å². The summed E-state index contributed by atoms with van der Waals surface area (Å²) in [5.74, 6) is 0. The average Bonchev–Trinajstić information content (AvgIpc) is 1.96. The molecule has 4 heteroatoms. The fraction of sp³-hybridized carbons (Fsp3) is 0. The van der Waals surface area contributed by atoms with Crippen LogP contribution in [0, 0.1) is 0 Å². The predicted octanol–water partition coefficient (Wildman–Crippen LogP) is 2.38. The molecule has 52 valence electrons. The van der Waals surface area contributed by atoms with Crippen LogP contribution < -0.4 is 0 Å². The molecule has 11 heavy (non-hydrogen) atoms. The third-order valence-electron chi connectivity index (χ3n) is 1.40. The molecule has 0 amide bonds. The Morgan fingerprint density at radius 2 is 2.09 bits per heavy atom. The zero-order valence-corrected chi connectivity index (χ0v) is 5.48. The van der Waals surface area contributed by atoms with Crippen LogP contribution in [0.25, 0.3) is 0 Å². The van der Waals surface area contributed by atoms with E-state index in [0.717, 1.165) is 11.4 Å². The highest BCUT2D eigenvalue weighted by molar-refractivity contribution is 5.71. The first-order valence-electron chi connectivity index (χ1n) is 3.04. The minimum Gasteiger partial charge on any atom is -0.211 e. The quantitative estimate of drug-likeness (QED) is 0.449. The minimum absolute atomic E-state index is 0.567. The Labute approximate surface area is 62.3 Å². The lowest BCUT2D eigenvalue weighted by Crippen LogP contribution is -1.75. The summed E-state index contributed by atoms with van der Waals surface area (Å²) in [6.45, 7) is 0. The molecule has 0 saturated carbocycles. The van der Waals surface area contributed by atoms with E-state index in [0.29, 0.717) is 5.69 Å². The highest BCUT2D eigenvalue weighted by Gasteiger charge is 2.08. The molecule has 0 bridgehead atoms. The third-order valence-corrected chi connectivity index (χ3v) is 1.40. The van der Waals surface area contributed by atoms with Crippen LogP contribution >= 0.6 is 0 Å². The molecule has 1 aliphatic rings. The summed E-state index contributed by atoms with van der Waals surface area (Å²) < 4.78 is 0. The maximum atomic E-state index is 9.84. The number of rotatable bonds is 1. The molecule has 1 heterocycles. The minimum atomic E-state index is 0.567. The maximum absolute atomic E-state index is 9.84. The SMILES string of the molecule is O=C=Nc1ccc2c(c1)N=N2. The topological polar surface area (TPSA) is 54.1 Å². The van der Waals surface area contributed by atoms with E-state index in [9.17, 15) is 4.79 Å². The smallest absolute Gasteiger partial charge is 0.211 e. The van der Waals surface area contributed by atoms with Gasteiger partial charge in [-0.15, -0.1) is 10.2 Å². The van der Waals surface area contributed by atoms with E-state index in [1.54, 1.807) is 18.2 Å². The summed E-state index contributed by atoms with van der Waals surface area (Å²) in [7, 11) is 0. The van der Waals surface area contributed by atoms with Crippen LogP contribution in [-0.4, -0.2) is 6.08 Å². The normalized spacial score (nSPS) is 11.3. The van der Waals surface area contributed by atoms with Gasteiger partial charge in [-0.25, -0.2) is 4.79 Å². The van der Waals surface area contributed by atoms with E-state index in [1.165, 1.54) is 6.08 Å². The molecule has 0 aliphatic carbocycles. The summed E-state index contributed by atoms with van der Waals surface area (Å²) in [5.41, 5.74) is 2.19. The molecule has 0 fully saturated rings. The fourth-order valence-corrected chi connectivity index (χ4v) is 0.862. The summed E-state index contributed by atoms with van der Waals surface area (Å²) in [5, 5.41) is 7.43. The number of benzene rings is 1. The Morgan fingerprint density at radius 3 is 2.64 bits per heavy atom. The number of carbonyl (C=O) groups excluding carboxylic acids is 1. The van der Waals surface area contributed by atoms with Crippen molar-refractivity contribution in [3.05, 3.63) is 18.2 Å². The molecule has 0 atom stereocenters. The summed E-state index contributed by atoms with van der Waals surface area (Å²) in [6, 6.07) is 5.15. The first-order chi connectivity index (χ1) is 5.40. The lowest BCUT2D eigenvalue weighted by molar-refractivity contribution is 0.565. The van der Waals surface area contributed by atoms with Gasteiger partial charge >= 0.3 is 0 Å². The number of aliphatic imine (C=N–C) groups is 1. The van der Waals surface area contributed by atoms with E-state index in [4.69, 9.17) is 0 Å². The molecule has 1 aromatic carbocycles. The molecule has 0 aromatic heterocycles.